The van der Waals surface area contributed by atoms with Gasteiger partial charge in [-0.2, -0.15) is 0 Å². The van der Waals surface area contributed by atoms with E-state index in [0.717, 1.165) is 20.9 Å². The first-order valence-electron chi connectivity index (χ1n) is 6.14. The summed E-state index contributed by atoms with van der Waals surface area (Å²) in [5, 5.41) is 0.783. The average Bonchev–Trinajstić information content (AvgIpc) is 2.83. The van der Waals surface area contributed by atoms with Crippen LogP contribution in [-0.4, -0.2) is 10.8 Å². The van der Waals surface area contributed by atoms with Crippen LogP contribution in [0.2, 0.25) is 0 Å². The lowest BCUT2D eigenvalue weighted by Gasteiger charge is -2.03. The number of nitrogens with one attached hydrogen (secondary N) is 1. The monoisotopic (exact) mass is 331 g/mol. The number of benzene rings is 2. The molecule has 1 heterocycles. The molecule has 0 spiro atoms. The van der Waals surface area contributed by atoms with E-state index in [9.17, 15) is 9.18 Å². The fraction of sp³-hybridized carbons (Fsp3) is 0.0625. The fourth-order valence-electron chi connectivity index (χ4n) is 2.24. The summed E-state index contributed by atoms with van der Waals surface area (Å²) in [5.41, 5.74) is 2.29. The molecule has 0 saturated carbocycles. The molecule has 0 aliphatic rings. The SMILES string of the molecule is Cc1ccc(F)c(C(=O)c2c[nH]c3ccc(Br)cc23)c1. The zero-order valence-corrected chi connectivity index (χ0v) is 12.3. The van der Waals surface area contributed by atoms with E-state index in [1.54, 1.807) is 18.3 Å². The van der Waals surface area contributed by atoms with Crippen LogP contribution in [-0.2, 0) is 0 Å². The van der Waals surface area contributed by atoms with Crippen molar-refractivity contribution in [3.63, 3.8) is 0 Å². The van der Waals surface area contributed by atoms with Gasteiger partial charge in [0.25, 0.3) is 0 Å². The molecule has 1 N–H and O–H groups in total. The van der Waals surface area contributed by atoms with E-state index < -0.39 is 5.82 Å². The van der Waals surface area contributed by atoms with Crippen LogP contribution in [0.25, 0.3) is 10.9 Å². The Kier molecular flexibility index (Phi) is 3.18. The Morgan fingerprint density at radius 3 is 2.75 bits per heavy atom. The Labute approximate surface area is 123 Å². The molecule has 2 nitrogen and oxygen atoms in total. The number of aromatic amines is 1. The van der Waals surface area contributed by atoms with Crippen LogP contribution in [0.4, 0.5) is 4.39 Å². The highest BCUT2D eigenvalue weighted by molar-refractivity contribution is 9.10. The zero-order valence-electron chi connectivity index (χ0n) is 10.7. The number of carbonyl (C=O) groups is 1. The lowest BCUT2D eigenvalue weighted by Crippen LogP contribution is -2.04. The van der Waals surface area contributed by atoms with E-state index >= 15 is 0 Å². The molecule has 2 aromatic carbocycles. The highest BCUT2D eigenvalue weighted by Crippen LogP contribution is 2.25. The van der Waals surface area contributed by atoms with E-state index in [1.165, 1.54) is 6.07 Å². The largest absolute Gasteiger partial charge is 0.360 e. The van der Waals surface area contributed by atoms with Crippen LogP contribution in [0.3, 0.4) is 0 Å². The van der Waals surface area contributed by atoms with Crippen LogP contribution in [0, 0.1) is 12.7 Å². The smallest absolute Gasteiger partial charge is 0.198 e. The number of hydrogen-bond acceptors (Lipinski definition) is 1. The summed E-state index contributed by atoms with van der Waals surface area (Å²) in [7, 11) is 0. The first-order chi connectivity index (χ1) is 9.56. The van der Waals surface area contributed by atoms with Crippen molar-refractivity contribution in [2.24, 2.45) is 0 Å². The van der Waals surface area contributed by atoms with E-state index in [2.05, 4.69) is 20.9 Å². The van der Waals surface area contributed by atoms with Gasteiger partial charge in [0.2, 0.25) is 0 Å². The standard InChI is InChI=1S/C16H11BrFNO/c1-9-2-4-14(18)12(6-9)16(20)13-8-19-15-5-3-10(17)7-11(13)15/h2-8,19H,1H3. The van der Waals surface area contributed by atoms with Crippen molar-refractivity contribution >= 4 is 32.6 Å². The van der Waals surface area contributed by atoms with Crippen molar-refractivity contribution in [1.82, 2.24) is 4.98 Å². The molecule has 0 aliphatic heterocycles. The molecule has 3 rings (SSSR count). The minimum absolute atomic E-state index is 0.103. The van der Waals surface area contributed by atoms with Crippen LogP contribution < -0.4 is 0 Å². The number of H-pyrrole nitrogens is 1. The fourth-order valence-corrected chi connectivity index (χ4v) is 2.60. The number of rotatable bonds is 2. The predicted molar refractivity (Wildman–Crippen MR) is 80.6 cm³/mol. The minimum atomic E-state index is -0.495. The first-order valence-corrected chi connectivity index (χ1v) is 6.93. The molecule has 3 aromatic rings. The van der Waals surface area contributed by atoms with Gasteiger partial charge < -0.3 is 4.98 Å². The predicted octanol–water partition coefficient (Wildman–Crippen LogP) is 4.61. The molecule has 0 radical (unpaired) electrons. The number of hydrogen-bond donors (Lipinski definition) is 1. The first kappa shape index (κ1) is 13.1. The Hall–Kier alpha value is -1.94. The molecule has 0 bridgehead atoms. The van der Waals surface area contributed by atoms with Crippen molar-refractivity contribution in [2.45, 2.75) is 6.92 Å². The third-order valence-electron chi connectivity index (χ3n) is 3.25. The van der Waals surface area contributed by atoms with E-state index in [1.807, 2.05) is 25.1 Å². The number of fused-ring (bicyclic) bond motifs is 1. The Bertz CT molecular complexity index is 822. The van der Waals surface area contributed by atoms with E-state index in [-0.39, 0.29) is 11.3 Å². The lowest BCUT2D eigenvalue weighted by atomic mass is 10.0. The highest BCUT2D eigenvalue weighted by atomic mass is 79.9. The van der Waals surface area contributed by atoms with Gasteiger partial charge in [0.05, 0.1) is 5.56 Å². The number of carbonyl (C=O) groups excluding carboxylic acids is 1. The Balaban J connectivity index is 2.17. The molecule has 1 aromatic heterocycles. The van der Waals surface area contributed by atoms with Gasteiger partial charge in [-0.1, -0.05) is 27.6 Å². The van der Waals surface area contributed by atoms with Gasteiger partial charge in [-0.05, 0) is 37.3 Å². The zero-order chi connectivity index (χ0) is 14.3. The van der Waals surface area contributed by atoms with Gasteiger partial charge >= 0.3 is 0 Å². The summed E-state index contributed by atoms with van der Waals surface area (Å²) in [5.74, 6) is -0.805. The molecule has 0 aliphatic carbocycles. The number of halogens is 2. The lowest BCUT2D eigenvalue weighted by molar-refractivity contribution is 0.103. The third-order valence-corrected chi connectivity index (χ3v) is 3.75. The molecule has 0 fully saturated rings. The van der Waals surface area contributed by atoms with E-state index in [4.69, 9.17) is 0 Å². The van der Waals surface area contributed by atoms with Crippen molar-refractivity contribution in [2.75, 3.05) is 0 Å². The second-order valence-electron chi connectivity index (χ2n) is 4.70. The highest BCUT2D eigenvalue weighted by Gasteiger charge is 2.18. The maximum Gasteiger partial charge on any atom is 0.198 e. The second-order valence-corrected chi connectivity index (χ2v) is 5.62. The molecule has 0 amide bonds. The quantitative estimate of drug-likeness (QED) is 0.683. The normalized spacial score (nSPS) is 10.9. The molecular weight excluding hydrogens is 321 g/mol. The van der Waals surface area contributed by atoms with E-state index in [0.29, 0.717) is 5.56 Å². The number of aromatic nitrogens is 1. The van der Waals surface area contributed by atoms with Crippen LogP contribution in [0.5, 0.6) is 0 Å². The number of ketones is 1. The molecule has 100 valence electrons. The van der Waals surface area contributed by atoms with Gasteiger partial charge in [-0.15, -0.1) is 0 Å². The van der Waals surface area contributed by atoms with Crippen molar-refractivity contribution < 1.29 is 9.18 Å². The maximum atomic E-state index is 13.9. The van der Waals surface area contributed by atoms with Crippen molar-refractivity contribution in [3.05, 3.63) is 69.6 Å². The minimum Gasteiger partial charge on any atom is -0.360 e. The van der Waals surface area contributed by atoms with Gasteiger partial charge in [0.15, 0.2) is 5.78 Å². The molecular formula is C16H11BrFNO. The van der Waals surface area contributed by atoms with Crippen molar-refractivity contribution in [1.29, 1.82) is 0 Å². The van der Waals surface area contributed by atoms with Gasteiger partial charge in [-0.25, -0.2) is 4.39 Å². The summed E-state index contributed by atoms with van der Waals surface area (Å²) < 4.78 is 14.7. The van der Waals surface area contributed by atoms with Crippen molar-refractivity contribution in [3.8, 4) is 0 Å². The maximum absolute atomic E-state index is 13.9. The van der Waals surface area contributed by atoms with Gasteiger partial charge in [0, 0.05) is 27.1 Å². The summed E-state index contributed by atoms with van der Waals surface area (Å²) in [6.07, 6.45) is 1.63. The molecule has 0 atom stereocenters. The summed E-state index contributed by atoms with van der Waals surface area (Å²) in [4.78, 5) is 15.6. The summed E-state index contributed by atoms with van der Waals surface area (Å²) >= 11 is 3.38. The van der Waals surface area contributed by atoms with Gasteiger partial charge in [0.1, 0.15) is 5.82 Å². The van der Waals surface area contributed by atoms with Gasteiger partial charge in [-0.3, -0.25) is 4.79 Å². The number of aryl methyl sites for hydroxylation is 1. The third kappa shape index (κ3) is 2.16. The summed E-state index contributed by atoms with van der Waals surface area (Å²) in [6.45, 7) is 1.84. The summed E-state index contributed by atoms with van der Waals surface area (Å²) in [6, 6.07) is 10.2. The molecule has 0 unspecified atom stereocenters. The van der Waals surface area contributed by atoms with Crippen LogP contribution in [0.1, 0.15) is 21.5 Å². The Morgan fingerprint density at radius 1 is 1.15 bits per heavy atom. The van der Waals surface area contributed by atoms with Crippen LogP contribution in [0.15, 0.2) is 47.1 Å². The second kappa shape index (κ2) is 4.87. The van der Waals surface area contributed by atoms with Crippen LogP contribution >= 0.6 is 15.9 Å². The Morgan fingerprint density at radius 2 is 1.95 bits per heavy atom. The average molecular weight is 332 g/mol. The topological polar surface area (TPSA) is 32.9 Å². The molecule has 0 saturated heterocycles. The molecule has 20 heavy (non-hydrogen) atoms. The molecule has 4 heteroatoms.